The average molecular weight is 418 g/mol. The molecule has 2 aromatic carbocycles. The minimum Gasteiger partial charge on any atom is -0.513 e. The quantitative estimate of drug-likeness (QED) is 0.465. The highest BCUT2D eigenvalue weighted by Gasteiger charge is 2.22. The Morgan fingerprint density at radius 3 is 2.73 bits per heavy atom. The Morgan fingerprint density at radius 2 is 2.03 bits per heavy atom. The highest BCUT2D eigenvalue weighted by Crippen LogP contribution is 2.35. The van der Waals surface area contributed by atoms with Crippen molar-refractivity contribution < 1.29 is 9.84 Å². The van der Waals surface area contributed by atoms with Gasteiger partial charge in [0.2, 0.25) is 0 Å². The second-order valence-electron chi connectivity index (χ2n) is 7.70. The van der Waals surface area contributed by atoms with Crippen molar-refractivity contribution in [2.75, 3.05) is 6.61 Å². The summed E-state index contributed by atoms with van der Waals surface area (Å²) in [6, 6.07) is 14.0. The van der Waals surface area contributed by atoms with Crippen molar-refractivity contribution >= 4 is 11.3 Å². The van der Waals surface area contributed by atoms with Crippen LogP contribution in [-0.2, 0) is 6.42 Å². The lowest BCUT2D eigenvalue weighted by atomic mass is 10.0. The summed E-state index contributed by atoms with van der Waals surface area (Å²) < 4.78 is 5.80. The predicted molar refractivity (Wildman–Crippen MR) is 119 cm³/mol. The van der Waals surface area contributed by atoms with E-state index in [9.17, 15) is 10.4 Å². The molecule has 0 spiro atoms. The van der Waals surface area contributed by atoms with Crippen LogP contribution in [0.15, 0.2) is 48.7 Å². The number of ether oxygens (including phenoxy) is 1. The van der Waals surface area contributed by atoms with Gasteiger partial charge in [0.25, 0.3) is 0 Å². The SMILES string of the molecule is C=C(O)CCc1ccc(-c2nnc(-c3ccc(OCC4CC4)c(C#N)c3)s2)c(C)c1. The maximum atomic E-state index is 9.51. The number of aryl methyl sites for hydroxylation is 2. The Bertz CT molecular complexity index is 1130. The molecule has 0 aliphatic heterocycles. The molecule has 1 N–H and O–H groups in total. The first-order chi connectivity index (χ1) is 14.5. The second kappa shape index (κ2) is 8.68. The van der Waals surface area contributed by atoms with Crippen molar-refractivity contribution in [3.8, 4) is 33.0 Å². The number of aromatic nitrogens is 2. The summed E-state index contributed by atoms with van der Waals surface area (Å²) in [6.07, 6.45) is 3.74. The maximum Gasteiger partial charge on any atom is 0.148 e. The largest absolute Gasteiger partial charge is 0.513 e. The molecule has 0 radical (unpaired) electrons. The van der Waals surface area contributed by atoms with Crippen LogP contribution >= 0.6 is 11.3 Å². The van der Waals surface area contributed by atoms with E-state index in [-0.39, 0.29) is 5.76 Å². The fraction of sp³-hybridized carbons (Fsp3) is 0.292. The number of benzene rings is 2. The fourth-order valence-corrected chi connectivity index (χ4v) is 4.16. The first-order valence-corrected chi connectivity index (χ1v) is 10.8. The number of hydrogen-bond donors (Lipinski definition) is 1. The van der Waals surface area contributed by atoms with Crippen molar-refractivity contribution in [2.45, 2.75) is 32.6 Å². The number of hydrogen-bond acceptors (Lipinski definition) is 6. The molecule has 3 aromatic rings. The Kier molecular flexibility index (Phi) is 5.82. The number of nitriles is 1. The van der Waals surface area contributed by atoms with Gasteiger partial charge < -0.3 is 9.84 Å². The highest BCUT2D eigenvalue weighted by atomic mass is 32.1. The highest BCUT2D eigenvalue weighted by molar-refractivity contribution is 7.17. The summed E-state index contributed by atoms with van der Waals surface area (Å²) in [5, 5.41) is 29.1. The number of allylic oxidation sites excluding steroid dienone is 1. The molecule has 0 amide bonds. The molecule has 5 nitrogen and oxygen atoms in total. The first kappa shape index (κ1) is 20.1. The third-order valence-corrected chi connectivity index (χ3v) is 6.17. The molecule has 0 unspecified atom stereocenters. The lowest BCUT2D eigenvalue weighted by molar-refractivity contribution is 0.299. The number of aliphatic hydroxyl groups is 1. The molecule has 0 atom stereocenters. The molecule has 1 aliphatic carbocycles. The number of rotatable bonds is 8. The van der Waals surface area contributed by atoms with Crippen molar-refractivity contribution in [2.24, 2.45) is 5.92 Å². The van der Waals surface area contributed by atoms with Gasteiger partial charge in [0, 0.05) is 17.5 Å². The Hall–Kier alpha value is -3.17. The first-order valence-electron chi connectivity index (χ1n) is 10.0. The predicted octanol–water partition coefficient (Wildman–Crippen LogP) is 5.85. The van der Waals surface area contributed by atoms with Crippen LogP contribution in [-0.4, -0.2) is 21.9 Å². The monoisotopic (exact) mass is 417 g/mol. The molecule has 6 heteroatoms. The molecule has 0 bridgehead atoms. The van der Waals surface area contributed by atoms with Gasteiger partial charge >= 0.3 is 0 Å². The zero-order valence-electron chi connectivity index (χ0n) is 16.9. The summed E-state index contributed by atoms with van der Waals surface area (Å²) in [5.74, 6) is 1.47. The van der Waals surface area contributed by atoms with Crippen molar-refractivity contribution in [1.82, 2.24) is 10.2 Å². The number of aliphatic hydroxyl groups excluding tert-OH is 1. The van der Waals surface area contributed by atoms with Crippen LogP contribution < -0.4 is 4.74 Å². The van der Waals surface area contributed by atoms with E-state index in [1.807, 2.05) is 37.3 Å². The molecule has 152 valence electrons. The molecular weight excluding hydrogens is 394 g/mol. The minimum atomic E-state index is 0.200. The van der Waals surface area contributed by atoms with Crippen molar-refractivity contribution in [3.63, 3.8) is 0 Å². The van der Waals surface area contributed by atoms with Crippen LogP contribution in [0.2, 0.25) is 0 Å². The van der Waals surface area contributed by atoms with Gasteiger partial charge in [-0.25, -0.2) is 0 Å². The van der Waals surface area contributed by atoms with Crippen LogP contribution in [0.1, 0.15) is 36.0 Å². The topological polar surface area (TPSA) is 79.0 Å². The van der Waals surface area contributed by atoms with Gasteiger partial charge in [-0.3, -0.25) is 0 Å². The van der Waals surface area contributed by atoms with Gasteiger partial charge in [-0.15, -0.1) is 10.2 Å². The second-order valence-corrected chi connectivity index (χ2v) is 8.68. The molecule has 1 aliphatic rings. The summed E-state index contributed by atoms with van der Waals surface area (Å²) >= 11 is 1.50. The van der Waals surface area contributed by atoms with E-state index in [4.69, 9.17) is 4.74 Å². The summed E-state index contributed by atoms with van der Waals surface area (Å²) in [7, 11) is 0. The summed E-state index contributed by atoms with van der Waals surface area (Å²) in [6.45, 7) is 6.27. The van der Waals surface area contributed by atoms with Gasteiger partial charge in [0.15, 0.2) is 0 Å². The van der Waals surface area contributed by atoms with Gasteiger partial charge in [-0.2, -0.15) is 5.26 Å². The lowest BCUT2D eigenvalue weighted by Gasteiger charge is -2.08. The van der Waals surface area contributed by atoms with Crippen LogP contribution in [0, 0.1) is 24.2 Å². The molecule has 1 heterocycles. The molecule has 30 heavy (non-hydrogen) atoms. The van der Waals surface area contributed by atoms with E-state index in [0.717, 1.165) is 38.7 Å². The molecule has 1 aromatic heterocycles. The van der Waals surface area contributed by atoms with E-state index in [0.29, 0.717) is 30.3 Å². The van der Waals surface area contributed by atoms with E-state index < -0.39 is 0 Å². The summed E-state index contributed by atoms with van der Waals surface area (Å²) in [4.78, 5) is 0. The number of nitrogens with zero attached hydrogens (tertiary/aromatic N) is 3. The maximum absolute atomic E-state index is 9.51. The van der Waals surface area contributed by atoms with Crippen LogP contribution in [0.3, 0.4) is 0 Å². The smallest absolute Gasteiger partial charge is 0.148 e. The summed E-state index contributed by atoms with van der Waals surface area (Å²) in [5.41, 5.74) is 4.69. The Balaban J connectivity index is 1.53. The molecule has 1 fully saturated rings. The Labute approximate surface area is 180 Å². The van der Waals surface area contributed by atoms with Gasteiger partial charge in [-0.05, 0) is 61.4 Å². The standard InChI is InChI=1S/C24H23N3O2S/c1-15-11-17(4-3-16(2)28)7-9-21(15)24-27-26-23(30-24)19-8-10-22(20(12-19)13-25)29-14-18-5-6-18/h7-12,18,28H,2-6,14H2,1H3. The van der Waals surface area contributed by atoms with Crippen LogP contribution in [0.5, 0.6) is 5.75 Å². The van der Waals surface area contributed by atoms with Gasteiger partial charge in [-0.1, -0.05) is 36.1 Å². The zero-order valence-corrected chi connectivity index (χ0v) is 17.7. The lowest BCUT2D eigenvalue weighted by Crippen LogP contribution is -2.00. The molecule has 1 saturated carbocycles. The normalized spacial score (nSPS) is 13.1. The molecule has 0 saturated heterocycles. The van der Waals surface area contributed by atoms with E-state index in [2.05, 4.69) is 28.9 Å². The minimum absolute atomic E-state index is 0.200. The molecule has 4 rings (SSSR count). The van der Waals surface area contributed by atoms with E-state index in [1.54, 1.807) is 0 Å². The van der Waals surface area contributed by atoms with Gasteiger partial charge in [0.05, 0.1) is 17.9 Å². The van der Waals surface area contributed by atoms with E-state index >= 15 is 0 Å². The van der Waals surface area contributed by atoms with Crippen molar-refractivity contribution in [1.29, 1.82) is 5.26 Å². The van der Waals surface area contributed by atoms with E-state index in [1.165, 1.54) is 24.2 Å². The Morgan fingerprint density at radius 1 is 1.23 bits per heavy atom. The van der Waals surface area contributed by atoms with Crippen molar-refractivity contribution in [3.05, 3.63) is 65.4 Å². The van der Waals surface area contributed by atoms with Gasteiger partial charge in [0.1, 0.15) is 21.8 Å². The third kappa shape index (κ3) is 4.69. The van der Waals surface area contributed by atoms with Crippen LogP contribution in [0.25, 0.3) is 21.1 Å². The van der Waals surface area contributed by atoms with Crippen LogP contribution in [0.4, 0.5) is 0 Å². The average Bonchev–Trinajstić information content (AvgIpc) is 3.45. The fourth-order valence-electron chi connectivity index (χ4n) is 3.23. The molecular formula is C24H23N3O2S. The third-order valence-electron chi connectivity index (χ3n) is 5.17. The zero-order chi connectivity index (χ0) is 21.1.